The third kappa shape index (κ3) is 4.21. The average Bonchev–Trinajstić information content (AvgIpc) is 3.27. The molecule has 2 aromatic carbocycles. The minimum atomic E-state index is -0.473. The molecule has 1 aliphatic heterocycles. The van der Waals surface area contributed by atoms with Gasteiger partial charge in [0.1, 0.15) is 17.2 Å². The van der Waals surface area contributed by atoms with Crippen molar-refractivity contribution in [3.63, 3.8) is 0 Å². The van der Waals surface area contributed by atoms with E-state index < -0.39 is 11.4 Å². The zero-order valence-corrected chi connectivity index (χ0v) is 19.8. The van der Waals surface area contributed by atoms with E-state index in [1.54, 1.807) is 12.1 Å². The van der Waals surface area contributed by atoms with E-state index in [1.807, 2.05) is 6.07 Å². The van der Waals surface area contributed by atoms with Crippen LogP contribution in [0.5, 0.6) is 0 Å². The molecule has 0 amide bonds. The molecule has 6 rings (SSSR count). The van der Waals surface area contributed by atoms with Gasteiger partial charge in [0.15, 0.2) is 0 Å². The summed E-state index contributed by atoms with van der Waals surface area (Å²) in [6.45, 7) is 5.32. The number of hydrogen-bond donors (Lipinski definition) is 3. The number of pyridine rings is 1. The van der Waals surface area contributed by atoms with Crippen molar-refractivity contribution in [2.24, 2.45) is 0 Å². The lowest BCUT2D eigenvalue weighted by Crippen LogP contribution is -2.50. The van der Waals surface area contributed by atoms with Crippen molar-refractivity contribution >= 4 is 27.6 Å². The zero-order valence-electron chi connectivity index (χ0n) is 19.8. The molecule has 0 unspecified atom stereocenters. The second kappa shape index (κ2) is 9.09. The molecule has 2 aromatic heterocycles. The number of nitrogens with one attached hydrogen (secondary N) is 2. The van der Waals surface area contributed by atoms with Crippen LogP contribution in [-0.4, -0.2) is 57.0 Å². The van der Waals surface area contributed by atoms with Crippen molar-refractivity contribution < 1.29 is 4.39 Å². The van der Waals surface area contributed by atoms with Crippen molar-refractivity contribution in [1.29, 1.82) is 0 Å². The molecule has 1 aliphatic carbocycles. The maximum Gasteiger partial charge on any atom is 0.261 e. The standard InChI is InChI=1S/C27H31FN6O/c28-19-7-4-8-21-23(19)25(29)24(27(35)32-21)26-30-20-10-9-17(15-22(20)31-26)16-33-11-13-34(14-12-33)18-5-2-1-3-6-18/h4,7-10,15,18H,1-3,5-6,11-14,16H2,(H,30,31)(H3,29,32,35). The number of nitrogens with zero attached hydrogens (tertiary/aromatic N) is 3. The Morgan fingerprint density at radius 1 is 1.00 bits per heavy atom. The number of aromatic nitrogens is 3. The fourth-order valence-electron chi connectivity index (χ4n) is 5.83. The molecule has 35 heavy (non-hydrogen) atoms. The van der Waals surface area contributed by atoms with Crippen molar-refractivity contribution in [3.8, 4) is 11.4 Å². The minimum absolute atomic E-state index is 0.0944. The number of H-pyrrole nitrogens is 2. The summed E-state index contributed by atoms with van der Waals surface area (Å²) in [4.78, 5) is 28.5. The molecule has 2 fully saturated rings. The summed E-state index contributed by atoms with van der Waals surface area (Å²) in [7, 11) is 0. The Morgan fingerprint density at radius 2 is 1.80 bits per heavy atom. The molecule has 0 atom stereocenters. The zero-order chi connectivity index (χ0) is 23.9. The molecule has 182 valence electrons. The molecule has 8 heteroatoms. The Kier molecular flexibility index (Phi) is 5.78. The topological polar surface area (TPSA) is 94.0 Å². The molecule has 1 saturated heterocycles. The van der Waals surface area contributed by atoms with Crippen LogP contribution in [0.3, 0.4) is 0 Å². The van der Waals surface area contributed by atoms with E-state index in [4.69, 9.17) is 5.73 Å². The molecule has 7 nitrogen and oxygen atoms in total. The molecular formula is C27H31FN6O. The maximum absolute atomic E-state index is 14.4. The van der Waals surface area contributed by atoms with Gasteiger partial charge in [-0.3, -0.25) is 14.6 Å². The number of hydrogen-bond acceptors (Lipinski definition) is 5. The molecular weight excluding hydrogens is 443 g/mol. The van der Waals surface area contributed by atoms with Crippen LogP contribution in [0.25, 0.3) is 33.3 Å². The first-order valence-electron chi connectivity index (χ1n) is 12.6. The summed E-state index contributed by atoms with van der Waals surface area (Å²) in [6, 6.07) is 11.4. The van der Waals surface area contributed by atoms with Crippen molar-refractivity contribution in [1.82, 2.24) is 24.8 Å². The first kappa shape index (κ1) is 22.2. The number of piperazine rings is 1. The highest BCUT2D eigenvalue weighted by Gasteiger charge is 2.25. The van der Waals surface area contributed by atoms with Crippen molar-refractivity contribution in [2.75, 3.05) is 31.9 Å². The van der Waals surface area contributed by atoms with Crippen molar-refractivity contribution in [2.45, 2.75) is 44.7 Å². The number of rotatable bonds is 4. The predicted octanol–water partition coefficient (Wildman–Crippen LogP) is 4.24. The Hall–Kier alpha value is -3.23. The second-order valence-electron chi connectivity index (χ2n) is 9.95. The number of nitrogen functional groups attached to an aromatic ring is 1. The monoisotopic (exact) mass is 474 g/mol. The van der Waals surface area contributed by atoms with Crippen LogP contribution in [-0.2, 0) is 6.54 Å². The summed E-state index contributed by atoms with van der Waals surface area (Å²) < 4.78 is 14.4. The average molecular weight is 475 g/mol. The van der Waals surface area contributed by atoms with Crippen LogP contribution in [0.1, 0.15) is 37.7 Å². The lowest BCUT2D eigenvalue weighted by molar-refractivity contribution is 0.0755. The molecule has 0 spiro atoms. The number of aromatic amines is 2. The van der Waals surface area contributed by atoms with E-state index in [0.29, 0.717) is 11.3 Å². The van der Waals surface area contributed by atoms with Gasteiger partial charge in [0.2, 0.25) is 0 Å². The van der Waals surface area contributed by atoms with E-state index in [2.05, 4.69) is 36.9 Å². The van der Waals surface area contributed by atoms with Gasteiger partial charge in [-0.1, -0.05) is 31.4 Å². The highest BCUT2D eigenvalue weighted by Crippen LogP contribution is 2.30. The van der Waals surface area contributed by atoms with E-state index in [1.165, 1.54) is 43.7 Å². The van der Waals surface area contributed by atoms with Gasteiger partial charge in [0, 0.05) is 38.8 Å². The number of nitrogens with two attached hydrogens (primary N) is 1. The van der Waals surface area contributed by atoms with E-state index in [-0.39, 0.29) is 16.6 Å². The number of imidazole rings is 1. The van der Waals surface area contributed by atoms with Gasteiger partial charge in [-0.2, -0.15) is 0 Å². The van der Waals surface area contributed by atoms with Crippen LogP contribution in [0.2, 0.25) is 0 Å². The van der Waals surface area contributed by atoms with Crippen LogP contribution < -0.4 is 11.3 Å². The van der Waals surface area contributed by atoms with Gasteiger partial charge in [-0.15, -0.1) is 0 Å². The number of halogens is 1. The number of fused-ring (bicyclic) bond motifs is 2. The maximum atomic E-state index is 14.4. The molecule has 2 aliphatic rings. The first-order chi connectivity index (χ1) is 17.1. The van der Waals surface area contributed by atoms with Gasteiger partial charge in [0.25, 0.3) is 5.56 Å². The molecule has 4 N–H and O–H groups in total. The smallest absolute Gasteiger partial charge is 0.261 e. The fraction of sp³-hybridized carbons (Fsp3) is 0.407. The summed E-state index contributed by atoms with van der Waals surface area (Å²) in [5, 5.41) is 0.204. The second-order valence-corrected chi connectivity index (χ2v) is 9.95. The number of anilines is 1. The SMILES string of the molecule is Nc1c(-c2nc3ccc(CN4CCN(C5CCCCC5)CC4)cc3[nH]2)c(=O)[nH]c2cccc(F)c12. The Balaban J connectivity index is 1.22. The largest absolute Gasteiger partial charge is 0.397 e. The highest BCUT2D eigenvalue weighted by molar-refractivity contribution is 5.98. The molecule has 0 bridgehead atoms. The normalized spacial score (nSPS) is 18.5. The Bertz CT molecular complexity index is 1430. The quantitative estimate of drug-likeness (QED) is 0.411. The number of benzene rings is 2. The summed E-state index contributed by atoms with van der Waals surface area (Å²) in [6.07, 6.45) is 6.87. The highest BCUT2D eigenvalue weighted by atomic mass is 19.1. The van der Waals surface area contributed by atoms with E-state index in [9.17, 15) is 9.18 Å². The van der Waals surface area contributed by atoms with Crippen LogP contribution >= 0.6 is 0 Å². The van der Waals surface area contributed by atoms with Crippen LogP contribution in [0.15, 0.2) is 41.2 Å². The van der Waals surface area contributed by atoms with Gasteiger partial charge in [-0.25, -0.2) is 9.37 Å². The Morgan fingerprint density at radius 3 is 2.60 bits per heavy atom. The fourth-order valence-corrected chi connectivity index (χ4v) is 5.83. The third-order valence-corrected chi connectivity index (χ3v) is 7.71. The first-order valence-corrected chi connectivity index (χ1v) is 12.6. The van der Waals surface area contributed by atoms with Gasteiger partial charge >= 0.3 is 0 Å². The van der Waals surface area contributed by atoms with E-state index >= 15 is 0 Å². The molecule has 0 radical (unpaired) electrons. The lowest BCUT2D eigenvalue weighted by Gasteiger charge is -2.40. The predicted molar refractivity (Wildman–Crippen MR) is 138 cm³/mol. The molecule has 1 saturated carbocycles. The third-order valence-electron chi connectivity index (χ3n) is 7.71. The van der Waals surface area contributed by atoms with Crippen LogP contribution in [0.4, 0.5) is 10.1 Å². The summed E-state index contributed by atoms with van der Waals surface area (Å²) >= 11 is 0. The van der Waals surface area contributed by atoms with E-state index in [0.717, 1.165) is 49.8 Å². The van der Waals surface area contributed by atoms with Gasteiger partial charge in [-0.05, 0) is 42.7 Å². The Labute approximate surface area is 203 Å². The summed E-state index contributed by atoms with van der Waals surface area (Å²) in [5.74, 6) is -0.123. The minimum Gasteiger partial charge on any atom is -0.397 e. The lowest BCUT2D eigenvalue weighted by atomic mass is 9.94. The van der Waals surface area contributed by atoms with Crippen molar-refractivity contribution in [3.05, 3.63) is 58.1 Å². The van der Waals surface area contributed by atoms with Gasteiger partial charge in [0.05, 0.1) is 27.6 Å². The summed E-state index contributed by atoms with van der Waals surface area (Å²) in [5.41, 5.74) is 9.29. The molecule has 4 aromatic rings. The van der Waals surface area contributed by atoms with Crippen LogP contribution in [0, 0.1) is 5.82 Å². The molecule has 3 heterocycles. The van der Waals surface area contributed by atoms with Gasteiger partial charge < -0.3 is 15.7 Å².